The van der Waals surface area contributed by atoms with E-state index in [0.29, 0.717) is 63.3 Å². The predicted octanol–water partition coefficient (Wildman–Crippen LogP) is -1.77. The van der Waals surface area contributed by atoms with Gasteiger partial charge in [-0.15, -0.1) is 0 Å². The fourth-order valence-corrected chi connectivity index (χ4v) is 7.25. The zero-order valence-electron chi connectivity index (χ0n) is 21.4. The second kappa shape index (κ2) is 12.0. The Hall–Kier alpha value is -2.73. The quantitative estimate of drug-likeness (QED) is 0.261. The van der Waals surface area contributed by atoms with Crippen molar-refractivity contribution in [2.75, 3.05) is 78.6 Å². The molecule has 12 nitrogen and oxygen atoms in total. The number of nitrogens with zero attached hydrogens (tertiary/aromatic N) is 8. The van der Waals surface area contributed by atoms with Crippen molar-refractivity contribution in [3.05, 3.63) is 12.4 Å². The monoisotopic (exact) mass is 651 g/mol. The summed E-state index contributed by atoms with van der Waals surface area (Å²) < 4.78 is 50.2. The van der Waals surface area contributed by atoms with E-state index in [1.54, 1.807) is 11.9 Å². The van der Waals surface area contributed by atoms with Crippen LogP contribution in [0.4, 0.5) is 36.4 Å². The number of alkyl halides is 3. The zero-order chi connectivity index (χ0) is 27.4. The minimum atomic E-state index is -4.49. The molecule has 2 saturated heterocycles. The summed E-state index contributed by atoms with van der Waals surface area (Å²) in [5, 5.41) is 2.83. The van der Waals surface area contributed by atoms with Crippen LogP contribution in [0.25, 0.3) is 11.4 Å². The Morgan fingerprint density at radius 1 is 1.21 bits per heavy atom. The number of halogens is 4. The van der Waals surface area contributed by atoms with E-state index in [2.05, 4.69) is 25.3 Å². The number of rotatable bonds is 7. The van der Waals surface area contributed by atoms with Gasteiger partial charge in [0.1, 0.15) is 0 Å². The number of anilines is 4. The van der Waals surface area contributed by atoms with Crippen molar-refractivity contribution in [1.29, 1.82) is 0 Å². The summed E-state index contributed by atoms with van der Waals surface area (Å²) in [7, 11) is 1.68. The van der Waals surface area contributed by atoms with E-state index in [0.717, 1.165) is 0 Å². The van der Waals surface area contributed by atoms with Crippen LogP contribution in [-0.2, 0) is 9.53 Å². The molecule has 0 radical (unpaired) electrons. The normalized spacial score (nSPS) is 19.1. The molecule has 2 aliphatic rings. The summed E-state index contributed by atoms with van der Waals surface area (Å²) in [6, 6.07) is -0.112. The van der Waals surface area contributed by atoms with Crippen LogP contribution < -0.4 is 40.8 Å². The summed E-state index contributed by atoms with van der Waals surface area (Å²) in [4.78, 5) is 33.1. The zero-order valence-corrected chi connectivity index (χ0v) is 23.5. The first-order valence-corrected chi connectivity index (χ1v) is 14.0. The molecule has 0 aromatic carbocycles. The van der Waals surface area contributed by atoms with Crippen LogP contribution in [0.2, 0.25) is 0 Å². The van der Waals surface area contributed by atoms with Gasteiger partial charge < -0.3 is 0 Å². The molecule has 0 spiro atoms. The van der Waals surface area contributed by atoms with Gasteiger partial charge >= 0.3 is 230 Å². The second-order valence-electron chi connectivity index (χ2n) is 8.89. The Morgan fingerprint density at radius 2 is 1.89 bits per heavy atom. The first-order chi connectivity index (χ1) is 18.1. The molecule has 3 N–H and O–H groups in total. The van der Waals surface area contributed by atoms with Crippen molar-refractivity contribution in [1.82, 2.24) is 27.9 Å². The summed E-state index contributed by atoms with van der Waals surface area (Å²) in [5.41, 5.74) is 7.05. The van der Waals surface area contributed by atoms with E-state index in [9.17, 15) is 18.0 Å². The van der Waals surface area contributed by atoms with Gasteiger partial charge in [-0.1, -0.05) is 0 Å². The number of amides is 1. The summed E-state index contributed by atoms with van der Waals surface area (Å²) in [6.07, 6.45) is -1.45. The number of aromatic nitrogens is 4. The molecule has 0 bridgehead atoms. The van der Waals surface area contributed by atoms with Gasteiger partial charge in [-0.05, 0) is 0 Å². The molecule has 1 unspecified atom stereocenters. The third-order valence-corrected chi connectivity index (χ3v) is 8.88. The average molecular weight is 651 g/mol. The number of nitrogens with one attached hydrogen (secondary N) is 1. The molecule has 2 fully saturated rings. The SMILES string of the molecule is CNc1ncc(-c2nc(N3CCOCC3)c(N)c(N(CC(F)(F)F)[I-]N3CCN(C(C)=O)C(C)C3)n2)cn1. The molecule has 2 aromatic heterocycles. The van der Waals surface area contributed by atoms with Crippen molar-refractivity contribution < 1.29 is 44.5 Å². The van der Waals surface area contributed by atoms with E-state index in [1.165, 1.54) is 22.4 Å². The summed E-state index contributed by atoms with van der Waals surface area (Å²) in [6.45, 7) is 5.47. The summed E-state index contributed by atoms with van der Waals surface area (Å²) in [5.74, 6) is 0.914. The molecule has 0 saturated carbocycles. The average Bonchev–Trinajstić information content (AvgIpc) is 2.88. The Kier molecular flexibility index (Phi) is 8.92. The molecular weight excluding hydrogens is 620 g/mol. The third kappa shape index (κ3) is 6.82. The molecule has 2 aromatic rings. The van der Waals surface area contributed by atoms with E-state index < -0.39 is 34.5 Å². The standard InChI is InChI=1S/C22H31F3IN10O2/c1-14-12-34(4-5-35(14)15(2)37)26-36(13-22(23,24)25)20-17(27)19(33-6-8-38-9-7-33)31-18(32-20)16-10-29-21(28-3)30-11-16/h10-11,14H,4-9,12-13,27H2,1-3H3,(H,28,29,30)/q-1. The van der Waals surface area contributed by atoms with E-state index in [4.69, 9.17) is 10.5 Å². The molecule has 4 rings (SSSR count). The fraction of sp³-hybridized carbons (Fsp3) is 0.591. The maximum absolute atomic E-state index is 13.9. The van der Waals surface area contributed by atoms with Crippen molar-refractivity contribution in [2.24, 2.45) is 0 Å². The first-order valence-electron chi connectivity index (χ1n) is 12.1. The maximum atomic E-state index is 13.9. The molecule has 0 aliphatic carbocycles. The molecule has 1 amide bonds. The van der Waals surface area contributed by atoms with Crippen molar-refractivity contribution in [3.8, 4) is 11.4 Å². The minimum absolute atomic E-state index is 0.0287. The van der Waals surface area contributed by atoms with E-state index >= 15 is 0 Å². The molecule has 2 aliphatic heterocycles. The molecule has 38 heavy (non-hydrogen) atoms. The van der Waals surface area contributed by atoms with E-state index in [1.807, 2.05) is 14.9 Å². The molecule has 4 heterocycles. The topological polar surface area (TPSA) is 129 Å². The van der Waals surface area contributed by atoms with Crippen LogP contribution in [0, 0.1) is 0 Å². The Bertz CT molecular complexity index is 1120. The van der Waals surface area contributed by atoms with Crippen LogP contribution in [0.5, 0.6) is 0 Å². The van der Waals surface area contributed by atoms with Crippen LogP contribution >= 0.6 is 0 Å². The van der Waals surface area contributed by atoms with Gasteiger partial charge in [0.25, 0.3) is 0 Å². The second-order valence-corrected chi connectivity index (χ2v) is 11.9. The van der Waals surface area contributed by atoms with Gasteiger partial charge in [-0.3, -0.25) is 0 Å². The Balaban J connectivity index is 1.73. The third-order valence-electron chi connectivity index (χ3n) is 6.08. The van der Waals surface area contributed by atoms with Crippen LogP contribution in [0.1, 0.15) is 13.8 Å². The number of ether oxygens (including phenoxy) is 1. The number of hydrogen-bond donors (Lipinski definition) is 2. The summed E-state index contributed by atoms with van der Waals surface area (Å²) >= 11 is -1.36. The van der Waals surface area contributed by atoms with Gasteiger partial charge in [-0.2, -0.15) is 0 Å². The van der Waals surface area contributed by atoms with E-state index in [-0.39, 0.29) is 29.3 Å². The number of nitrogens with two attached hydrogens (primary N) is 1. The van der Waals surface area contributed by atoms with Crippen molar-refractivity contribution in [3.63, 3.8) is 0 Å². The van der Waals surface area contributed by atoms with Gasteiger partial charge in [0.2, 0.25) is 0 Å². The van der Waals surface area contributed by atoms with Gasteiger partial charge in [0.05, 0.1) is 0 Å². The van der Waals surface area contributed by atoms with Crippen molar-refractivity contribution in [2.45, 2.75) is 26.1 Å². The van der Waals surface area contributed by atoms with Crippen LogP contribution in [0.15, 0.2) is 12.4 Å². The molecule has 210 valence electrons. The number of hydrogen-bond acceptors (Lipinski definition) is 11. The number of carbonyl (C=O) groups excluding carboxylic acids is 1. The predicted molar refractivity (Wildman–Crippen MR) is 132 cm³/mol. The fourth-order valence-electron chi connectivity index (χ4n) is 4.22. The van der Waals surface area contributed by atoms with Gasteiger partial charge in [0, 0.05) is 0 Å². The Labute approximate surface area is 229 Å². The van der Waals surface area contributed by atoms with Gasteiger partial charge in [0.15, 0.2) is 0 Å². The Morgan fingerprint density at radius 3 is 2.47 bits per heavy atom. The molecule has 16 heteroatoms. The van der Waals surface area contributed by atoms with Crippen LogP contribution in [-0.4, -0.2) is 106 Å². The number of nitrogen functional groups attached to an aromatic ring is 1. The molecular formula is C22H31F3IN10O2-. The van der Waals surface area contributed by atoms with Crippen molar-refractivity contribution >= 4 is 29.2 Å². The van der Waals surface area contributed by atoms with Crippen LogP contribution in [0.3, 0.4) is 0 Å². The number of piperazine rings is 1. The first kappa shape index (κ1) is 28.3. The van der Waals surface area contributed by atoms with Gasteiger partial charge in [-0.25, -0.2) is 0 Å². The number of morpholine rings is 1. The number of carbonyl (C=O) groups is 1. The molecule has 1 atom stereocenters.